The van der Waals surface area contributed by atoms with Crippen molar-refractivity contribution >= 4 is 27.8 Å². The number of furan rings is 1. The van der Waals surface area contributed by atoms with E-state index >= 15 is 0 Å². The number of carboxylic acids is 1. The number of hydrogen-bond acceptors (Lipinski definition) is 3. The molecule has 17 heavy (non-hydrogen) atoms. The number of halogens is 1. The lowest BCUT2D eigenvalue weighted by Crippen LogP contribution is -2.40. The van der Waals surface area contributed by atoms with Crippen molar-refractivity contribution in [1.29, 1.82) is 0 Å². The van der Waals surface area contributed by atoms with E-state index in [2.05, 4.69) is 21.2 Å². The minimum Gasteiger partial charge on any atom is -0.480 e. The molecule has 0 aliphatic rings. The fourth-order valence-corrected chi connectivity index (χ4v) is 1.50. The predicted molar refractivity (Wildman–Crippen MR) is 64.7 cm³/mol. The third-order valence-corrected chi connectivity index (χ3v) is 2.46. The monoisotopic (exact) mass is 301 g/mol. The molecule has 6 heteroatoms. The Balaban J connectivity index is 2.67. The van der Waals surface area contributed by atoms with Crippen molar-refractivity contribution in [3.05, 3.63) is 34.7 Å². The van der Waals surface area contributed by atoms with Crippen molar-refractivity contribution in [3.8, 4) is 0 Å². The fourth-order valence-electron chi connectivity index (χ4n) is 1.16. The van der Waals surface area contributed by atoms with Crippen LogP contribution in [0.2, 0.25) is 0 Å². The molecule has 92 valence electrons. The number of allylic oxidation sites excluding steroid dienone is 1. The first-order valence-electron chi connectivity index (χ1n) is 4.93. The first-order valence-corrected chi connectivity index (χ1v) is 5.72. The standard InChI is InChI=1S/C11H12BrNO4/c1-2-3-4-8(11(15)16)13-10(14)7-5-9(12)17-6-7/h2-3,5-6,8H,4H2,1H3,(H,13,14)(H,15,16)/b3-2+. The van der Waals surface area contributed by atoms with E-state index in [1.807, 2.05) is 0 Å². The lowest BCUT2D eigenvalue weighted by atomic mass is 10.2. The van der Waals surface area contributed by atoms with Gasteiger partial charge in [-0.1, -0.05) is 12.2 Å². The van der Waals surface area contributed by atoms with Crippen LogP contribution in [0.15, 0.2) is 33.6 Å². The average Bonchev–Trinajstić information content (AvgIpc) is 2.70. The van der Waals surface area contributed by atoms with Crippen LogP contribution in [-0.4, -0.2) is 23.0 Å². The van der Waals surface area contributed by atoms with Crippen molar-refractivity contribution in [2.45, 2.75) is 19.4 Å². The van der Waals surface area contributed by atoms with Gasteiger partial charge in [-0.05, 0) is 29.3 Å². The molecule has 1 aromatic rings. The molecule has 1 amide bonds. The van der Waals surface area contributed by atoms with Crippen LogP contribution < -0.4 is 5.32 Å². The van der Waals surface area contributed by atoms with Gasteiger partial charge in [-0.25, -0.2) is 4.79 Å². The van der Waals surface area contributed by atoms with Crippen LogP contribution in [0.3, 0.4) is 0 Å². The zero-order valence-corrected chi connectivity index (χ0v) is 10.7. The summed E-state index contributed by atoms with van der Waals surface area (Å²) >= 11 is 3.06. The van der Waals surface area contributed by atoms with Crippen LogP contribution in [0.4, 0.5) is 0 Å². The van der Waals surface area contributed by atoms with Gasteiger partial charge in [-0.3, -0.25) is 4.79 Å². The van der Waals surface area contributed by atoms with E-state index in [0.717, 1.165) is 0 Å². The minimum atomic E-state index is -1.07. The summed E-state index contributed by atoms with van der Waals surface area (Å²) < 4.78 is 5.32. The second-order valence-corrected chi connectivity index (χ2v) is 4.09. The Morgan fingerprint density at radius 1 is 1.65 bits per heavy atom. The molecule has 0 aliphatic carbocycles. The number of amides is 1. The first kappa shape index (κ1) is 13.5. The molecule has 0 aromatic carbocycles. The van der Waals surface area contributed by atoms with Gasteiger partial charge < -0.3 is 14.8 Å². The van der Waals surface area contributed by atoms with E-state index in [0.29, 0.717) is 4.67 Å². The highest BCUT2D eigenvalue weighted by molar-refractivity contribution is 9.10. The Labute approximate surface area is 107 Å². The van der Waals surface area contributed by atoms with Crippen molar-refractivity contribution in [1.82, 2.24) is 5.32 Å². The number of nitrogens with one attached hydrogen (secondary N) is 1. The molecule has 1 aromatic heterocycles. The number of hydrogen-bond donors (Lipinski definition) is 2. The lowest BCUT2D eigenvalue weighted by molar-refractivity contribution is -0.139. The van der Waals surface area contributed by atoms with Crippen molar-refractivity contribution in [3.63, 3.8) is 0 Å². The molecule has 1 rings (SSSR count). The third kappa shape index (κ3) is 4.07. The van der Waals surface area contributed by atoms with E-state index in [-0.39, 0.29) is 12.0 Å². The number of carbonyl (C=O) groups excluding carboxylic acids is 1. The molecule has 0 saturated carbocycles. The molecule has 0 spiro atoms. The first-order chi connectivity index (χ1) is 8.04. The van der Waals surface area contributed by atoms with Crippen LogP contribution >= 0.6 is 15.9 Å². The van der Waals surface area contributed by atoms with Crippen molar-refractivity contribution in [2.75, 3.05) is 0 Å². The van der Waals surface area contributed by atoms with E-state index in [9.17, 15) is 9.59 Å². The zero-order chi connectivity index (χ0) is 12.8. The Bertz CT molecular complexity index is 438. The van der Waals surface area contributed by atoms with Gasteiger partial charge in [0.25, 0.3) is 5.91 Å². The van der Waals surface area contributed by atoms with Gasteiger partial charge in [-0.2, -0.15) is 0 Å². The predicted octanol–water partition coefficient (Wildman–Crippen LogP) is 2.19. The SMILES string of the molecule is C/C=C/CC(NC(=O)c1coc(Br)c1)C(=O)O. The average molecular weight is 302 g/mol. The Morgan fingerprint density at radius 3 is 2.82 bits per heavy atom. The molecular formula is C11H12BrNO4. The number of carboxylic acid groups (broad SMARTS) is 1. The van der Waals surface area contributed by atoms with Gasteiger partial charge in [0.05, 0.1) is 5.56 Å². The second-order valence-electron chi connectivity index (χ2n) is 3.31. The summed E-state index contributed by atoms with van der Waals surface area (Å²) in [5, 5.41) is 11.3. The summed E-state index contributed by atoms with van der Waals surface area (Å²) in [6.45, 7) is 1.79. The molecule has 0 aliphatic heterocycles. The molecule has 0 radical (unpaired) electrons. The Hall–Kier alpha value is -1.56. The largest absolute Gasteiger partial charge is 0.480 e. The van der Waals surface area contributed by atoms with Gasteiger partial charge in [0.1, 0.15) is 12.3 Å². The van der Waals surface area contributed by atoms with E-state index in [1.54, 1.807) is 19.1 Å². The highest BCUT2D eigenvalue weighted by atomic mass is 79.9. The number of aliphatic carboxylic acids is 1. The third-order valence-electron chi connectivity index (χ3n) is 2.04. The number of carbonyl (C=O) groups is 2. The quantitative estimate of drug-likeness (QED) is 0.817. The summed E-state index contributed by atoms with van der Waals surface area (Å²) in [5.74, 6) is -1.55. The molecule has 1 heterocycles. The summed E-state index contributed by atoms with van der Waals surface area (Å²) in [6.07, 6.45) is 4.92. The van der Waals surface area contributed by atoms with E-state index in [1.165, 1.54) is 12.3 Å². The number of rotatable bonds is 5. The van der Waals surface area contributed by atoms with Crippen molar-refractivity contribution in [2.24, 2.45) is 0 Å². The van der Waals surface area contributed by atoms with Gasteiger partial charge in [0, 0.05) is 6.07 Å². The fraction of sp³-hybridized carbons (Fsp3) is 0.273. The van der Waals surface area contributed by atoms with Crippen LogP contribution in [-0.2, 0) is 4.79 Å². The molecule has 1 unspecified atom stereocenters. The molecule has 5 nitrogen and oxygen atoms in total. The van der Waals surface area contributed by atoms with Gasteiger partial charge in [0.15, 0.2) is 4.67 Å². The van der Waals surface area contributed by atoms with Gasteiger partial charge in [-0.15, -0.1) is 0 Å². The maximum Gasteiger partial charge on any atom is 0.326 e. The van der Waals surface area contributed by atoms with Crippen molar-refractivity contribution < 1.29 is 19.1 Å². The summed E-state index contributed by atoms with van der Waals surface area (Å²) in [7, 11) is 0. The normalized spacial score (nSPS) is 12.6. The zero-order valence-electron chi connectivity index (χ0n) is 9.14. The van der Waals surface area contributed by atoms with Crippen LogP contribution in [0.1, 0.15) is 23.7 Å². The van der Waals surface area contributed by atoms with E-state index < -0.39 is 17.9 Å². The Kier molecular flexibility index (Phi) is 4.96. The highest BCUT2D eigenvalue weighted by Crippen LogP contribution is 2.14. The topological polar surface area (TPSA) is 79.5 Å². The minimum absolute atomic E-state index is 0.247. The highest BCUT2D eigenvalue weighted by Gasteiger charge is 2.20. The van der Waals surface area contributed by atoms with Crippen LogP contribution in [0, 0.1) is 0 Å². The molecular weight excluding hydrogens is 290 g/mol. The van der Waals surface area contributed by atoms with Gasteiger partial charge in [0.2, 0.25) is 0 Å². The summed E-state index contributed by atoms with van der Waals surface area (Å²) in [4.78, 5) is 22.6. The van der Waals surface area contributed by atoms with E-state index in [4.69, 9.17) is 9.52 Å². The summed E-state index contributed by atoms with van der Waals surface area (Å²) in [6, 6.07) is 0.538. The van der Waals surface area contributed by atoms with Gasteiger partial charge >= 0.3 is 5.97 Å². The lowest BCUT2D eigenvalue weighted by Gasteiger charge is -2.11. The molecule has 1 atom stereocenters. The Morgan fingerprint density at radius 2 is 2.35 bits per heavy atom. The molecule has 0 bridgehead atoms. The summed E-state index contributed by atoms with van der Waals surface area (Å²) in [5.41, 5.74) is 0.281. The maximum absolute atomic E-state index is 11.7. The molecule has 2 N–H and O–H groups in total. The molecule has 0 fully saturated rings. The van der Waals surface area contributed by atoms with Crippen LogP contribution in [0.25, 0.3) is 0 Å². The second kappa shape index (κ2) is 6.24. The van der Waals surface area contributed by atoms with Crippen LogP contribution in [0.5, 0.6) is 0 Å². The molecule has 0 saturated heterocycles. The maximum atomic E-state index is 11.7. The smallest absolute Gasteiger partial charge is 0.326 e.